The van der Waals surface area contributed by atoms with Crippen LogP contribution in [0.3, 0.4) is 0 Å². The Morgan fingerprint density at radius 3 is 2.62 bits per heavy atom. The largest absolute Gasteiger partial charge is 0.397 e. The molecule has 0 bridgehead atoms. The van der Waals surface area contributed by atoms with Crippen molar-refractivity contribution in [3.05, 3.63) is 56.8 Å². The molecule has 1 aromatic heterocycles. The Morgan fingerprint density at radius 1 is 1.24 bits per heavy atom. The molecule has 110 valence electrons. The molecule has 1 heterocycles. The first kappa shape index (κ1) is 15.9. The number of carbonyl (C=O) groups is 1. The molecule has 0 radical (unpaired) electrons. The highest BCUT2D eigenvalue weighted by Gasteiger charge is 2.17. The van der Waals surface area contributed by atoms with Crippen molar-refractivity contribution in [3.63, 3.8) is 0 Å². The van der Waals surface area contributed by atoms with E-state index in [1.165, 1.54) is 17.2 Å². The van der Waals surface area contributed by atoms with Crippen molar-refractivity contribution in [2.24, 2.45) is 0 Å². The van der Waals surface area contributed by atoms with Crippen LogP contribution in [0.5, 0.6) is 0 Å². The fourth-order valence-corrected chi connectivity index (χ4v) is 2.31. The van der Waals surface area contributed by atoms with Crippen LogP contribution in [0.2, 0.25) is 15.2 Å². The molecule has 7 heteroatoms. The lowest BCUT2D eigenvalue weighted by Gasteiger charge is -2.18. The van der Waals surface area contributed by atoms with E-state index in [9.17, 15) is 4.79 Å². The number of halogens is 3. The summed E-state index contributed by atoms with van der Waals surface area (Å²) in [4.78, 5) is 17.7. The molecule has 0 unspecified atom stereocenters. The monoisotopic (exact) mass is 343 g/mol. The molecule has 4 nitrogen and oxygen atoms in total. The number of nitrogens with two attached hydrogens (primary N) is 1. The summed E-state index contributed by atoms with van der Waals surface area (Å²) < 4.78 is 0. The first-order valence-corrected chi connectivity index (χ1v) is 7.12. The molecule has 0 saturated heterocycles. The predicted octanol–water partition coefficient (Wildman–Crippen LogP) is 3.90. The van der Waals surface area contributed by atoms with Crippen molar-refractivity contribution in [1.29, 1.82) is 0 Å². The van der Waals surface area contributed by atoms with Gasteiger partial charge in [0.1, 0.15) is 5.15 Å². The van der Waals surface area contributed by atoms with E-state index in [2.05, 4.69) is 4.98 Å². The van der Waals surface area contributed by atoms with Gasteiger partial charge in [-0.1, -0.05) is 40.9 Å². The lowest BCUT2D eigenvalue weighted by Crippen LogP contribution is -2.26. The smallest absolute Gasteiger partial charge is 0.257 e. The molecule has 2 aromatic rings. The van der Waals surface area contributed by atoms with Crippen molar-refractivity contribution in [2.45, 2.75) is 6.54 Å². The van der Waals surface area contributed by atoms with Crippen LogP contribution in [0.4, 0.5) is 5.69 Å². The van der Waals surface area contributed by atoms with E-state index in [1.807, 2.05) is 0 Å². The normalized spacial score (nSPS) is 10.5. The van der Waals surface area contributed by atoms with Crippen LogP contribution in [0.1, 0.15) is 15.9 Å². The molecular formula is C14H12Cl3N3O. The molecular weight excluding hydrogens is 333 g/mol. The summed E-state index contributed by atoms with van der Waals surface area (Å²) in [6.07, 6.45) is 1.40. The number of rotatable bonds is 3. The van der Waals surface area contributed by atoms with Crippen molar-refractivity contribution in [2.75, 3.05) is 12.8 Å². The quantitative estimate of drug-likeness (QED) is 0.859. The van der Waals surface area contributed by atoms with E-state index < -0.39 is 0 Å². The molecule has 2 N–H and O–H groups in total. The summed E-state index contributed by atoms with van der Waals surface area (Å²) in [5, 5.41) is 1.03. The van der Waals surface area contributed by atoms with Gasteiger partial charge in [0.25, 0.3) is 5.91 Å². The van der Waals surface area contributed by atoms with Gasteiger partial charge in [-0.05, 0) is 23.8 Å². The van der Waals surface area contributed by atoms with Crippen LogP contribution in [-0.2, 0) is 6.54 Å². The van der Waals surface area contributed by atoms with Gasteiger partial charge in [0.05, 0.1) is 27.5 Å². The van der Waals surface area contributed by atoms with Crippen LogP contribution in [0.15, 0.2) is 30.5 Å². The molecule has 0 saturated carbocycles. The van der Waals surface area contributed by atoms with Gasteiger partial charge in [0.15, 0.2) is 0 Å². The molecule has 0 spiro atoms. The van der Waals surface area contributed by atoms with Crippen molar-refractivity contribution < 1.29 is 4.79 Å². The summed E-state index contributed by atoms with van der Waals surface area (Å²) in [7, 11) is 1.66. The number of carbonyl (C=O) groups excluding carboxylic acids is 1. The third-order valence-corrected chi connectivity index (χ3v) is 3.88. The highest BCUT2D eigenvalue weighted by atomic mass is 35.5. The molecule has 0 aliphatic rings. The van der Waals surface area contributed by atoms with Crippen molar-refractivity contribution in [1.82, 2.24) is 9.88 Å². The molecule has 21 heavy (non-hydrogen) atoms. The number of nitrogens with zero attached hydrogens (tertiary/aromatic N) is 2. The Hall–Kier alpha value is -1.49. The zero-order valence-electron chi connectivity index (χ0n) is 11.1. The minimum Gasteiger partial charge on any atom is -0.397 e. The maximum absolute atomic E-state index is 12.4. The molecule has 2 rings (SSSR count). The number of amides is 1. The van der Waals surface area contributed by atoms with Gasteiger partial charge in [-0.15, -0.1) is 0 Å². The average Bonchev–Trinajstić information content (AvgIpc) is 2.44. The summed E-state index contributed by atoms with van der Waals surface area (Å²) in [6, 6.07) is 6.71. The van der Waals surface area contributed by atoms with E-state index in [4.69, 9.17) is 40.5 Å². The number of hydrogen-bond acceptors (Lipinski definition) is 3. The summed E-state index contributed by atoms with van der Waals surface area (Å²) >= 11 is 17.8. The highest BCUT2D eigenvalue weighted by Crippen LogP contribution is 2.24. The zero-order chi connectivity index (χ0) is 15.6. The molecule has 0 aliphatic heterocycles. The Balaban J connectivity index is 2.19. The molecule has 1 amide bonds. The number of pyridine rings is 1. The van der Waals surface area contributed by atoms with Gasteiger partial charge in [0.2, 0.25) is 0 Å². The minimum atomic E-state index is -0.272. The van der Waals surface area contributed by atoms with Crippen molar-refractivity contribution >= 4 is 46.4 Å². The fraction of sp³-hybridized carbons (Fsp3) is 0.143. The van der Waals surface area contributed by atoms with Gasteiger partial charge in [-0.3, -0.25) is 4.79 Å². The fourth-order valence-electron chi connectivity index (χ4n) is 1.80. The topological polar surface area (TPSA) is 59.2 Å². The molecule has 0 aliphatic carbocycles. The predicted molar refractivity (Wildman–Crippen MR) is 85.9 cm³/mol. The Bertz CT molecular complexity index is 691. The van der Waals surface area contributed by atoms with Crippen LogP contribution >= 0.6 is 34.8 Å². The number of nitrogen functional groups attached to an aromatic ring is 1. The van der Waals surface area contributed by atoms with Gasteiger partial charge < -0.3 is 10.6 Å². The van der Waals surface area contributed by atoms with Gasteiger partial charge >= 0.3 is 0 Å². The molecule has 1 aromatic carbocycles. The van der Waals surface area contributed by atoms with Gasteiger partial charge in [-0.2, -0.15) is 0 Å². The van der Waals surface area contributed by atoms with Crippen LogP contribution in [-0.4, -0.2) is 22.8 Å². The third kappa shape index (κ3) is 3.79. The van der Waals surface area contributed by atoms with E-state index >= 15 is 0 Å². The Labute approximate surface area is 137 Å². The van der Waals surface area contributed by atoms with E-state index in [1.54, 1.807) is 25.2 Å². The number of hydrogen-bond donors (Lipinski definition) is 1. The van der Waals surface area contributed by atoms with E-state index in [0.717, 1.165) is 5.56 Å². The molecule has 0 fully saturated rings. The minimum absolute atomic E-state index is 0.121. The molecule has 0 atom stereocenters. The van der Waals surface area contributed by atoms with E-state index in [-0.39, 0.29) is 16.6 Å². The first-order valence-electron chi connectivity index (χ1n) is 5.99. The zero-order valence-corrected chi connectivity index (χ0v) is 13.4. The second kappa shape index (κ2) is 6.52. The number of aromatic nitrogens is 1. The third-order valence-electron chi connectivity index (χ3n) is 2.84. The standard InChI is InChI=1S/C14H12Cl3N3O/c1-20(7-8-2-3-11(15)12(16)4-8)14(21)10-5-9(18)6-19-13(10)17/h2-6H,7,18H2,1H3. The van der Waals surface area contributed by atoms with E-state index in [0.29, 0.717) is 22.3 Å². The second-order valence-corrected chi connectivity index (χ2v) is 5.69. The second-order valence-electron chi connectivity index (χ2n) is 4.52. The Morgan fingerprint density at radius 2 is 1.95 bits per heavy atom. The van der Waals surface area contributed by atoms with Crippen LogP contribution < -0.4 is 5.73 Å². The maximum Gasteiger partial charge on any atom is 0.257 e. The highest BCUT2D eigenvalue weighted by molar-refractivity contribution is 6.42. The maximum atomic E-state index is 12.4. The average molecular weight is 345 g/mol. The summed E-state index contributed by atoms with van der Waals surface area (Å²) in [5.41, 5.74) is 7.13. The van der Waals surface area contributed by atoms with Crippen LogP contribution in [0.25, 0.3) is 0 Å². The summed E-state index contributed by atoms with van der Waals surface area (Å²) in [5.74, 6) is -0.272. The van der Waals surface area contributed by atoms with Gasteiger partial charge in [-0.25, -0.2) is 4.98 Å². The Kier molecular flexibility index (Phi) is 4.93. The SMILES string of the molecule is CN(Cc1ccc(Cl)c(Cl)c1)C(=O)c1cc(N)cnc1Cl. The van der Waals surface area contributed by atoms with Crippen LogP contribution in [0, 0.1) is 0 Å². The lowest BCUT2D eigenvalue weighted by molar-refractivity contribution is 0.0785. The van der Waals surface area contributed by atoms with Gasteiger partial charge in [0, 0.05) is 13.6 Å². The summed E-state index contributed by atoms with van der Waals surface area (Å²) in [6.45, 7) is 0.362. The first-order chi connectivity index (χ1) is 9.88. The number of benzene rings is 1. The number of anilines is 1. The van der Waals surface area contributed by atoms with Crippen molar-refractivity contribution in [3.8, 4) is 0 Å². The lowest BCUT2D eigenvalue weighted by atomic mass is 10.2.